The minimum Gasteiger partial charge on any atom is -0.456 e. The van der Waals surface area contributed by atoms with Crippen molar-refractivity contribution >= 4 is 60.8 Å². The van der Waals surface area contributed by atoms with E-state index >= 15 is 0 Å². The highest BCUT2D eigenvalue weighted by atomic mass is 16.3. The van der Waals surface area contributed by atoms with Crippen molar-refractivity contribution in [2.45, 2.75) is 0 Å². The Morgan fingerprint density at radius 3 is 1.48 bits per heavy atom. The molecule has 0 amide bonds. The maximum Gasteiger partial charge on any atom is 0.135 e. The van der Waals surface area contributed by atoms with Gasteiger partial charge in [0.15, 0.2) is 0 Å². The van der Waals surface area contributed by atoms with E-state index in [0.717, 1.165) is 78.1 Å². The number of hydrogen-bond donors (Lipinski definition) is 0. The van der Waals surface area contributed by atoms with Crippen LogP contribution in [0.1, 0.15) is 0 Å². The van der Waals surface area contributed by atoms with E-state index in [-0.39, 0.29) is 0 Å². The molecule has 0 saturated heterocycles. The summed E-state index contributed by atoms with van der Waals surface area (Å²) in [4.78, 5) is 2.37. The molecule has 13 aromatic rings. The third kappa shape index (κ3) is 7.25. The second kappa shape index (κ2) is 16.9. The standard InChI is InChI=1S/C66H44N2O/c1-4-15-45(16-5-1)47-27-34-54(35-28-47)67(55-36-29-48(30-37-55)46-17-6-2-7-18-46)56-22-14-19-51(41-56)57-38-31-49(42-61(57)52-33-40-66-62(43-52)60-24-11-13-26-65(60)69-66)50-32-39-59-58-23-10-12-25-63(58)68(64(59)44-50)53-20-8-3-9-21-53/h1-44H. The van der Waals surface area contributed by atoms with Crippen molar-refractivity contribution in [2.24, 2.45) is 0 Å². The molecule has 2 aromatic heterocycles. The van der Waals surface area contributed by atoms with E-state index in [4.69, 9.17) is 4.42 Å². The van der Waals surface area contributed by atoms with Crippen LogP contribution in [0, 0.1) is 0 Å². The normalized spacial score (nSPS) is 11.5. The zero-order valence-corrected chi connectivity index (χ0v) is 37.7. The lowest BCUT2D eigenvalue weighted by Gasteiger charge is -2.27. The molecule has 2 heterocycles. The number of hydrogen-bond acceptors (Lipinski definition) is 2. The summed E-state index contributed by atoms with van der Waals surface area (Å²) < 4.78 is 8.74. The van der Waals surface area contributed by atoms with Crippen molar-refractivity contribution in [3.8, 4) is 61.3 Å². The van der Waals surface area contributed by atoms with Crippen molar-refractivity contribution in [1.82, 2.24) is 4.57 Å². The zero-order chi connectivity index (χ0) is 45.7. The molecule has 0 spiro atoms. The van der Waals surface area contributed by atoms with Gasteiger partial charge in [0.25, 0.3) is 0 Å². The average molecular weight is 881 g/mol. The first-order chi connectivity index (χ1) is 34.2. The molecule has 0 atom stereocenters. The number of furan rings is 1. The summed E-state index contributed by atoms with van der Waals surface area (Å²) in [5.41, 5.74) is 20.1. The summed E-state index contributed by atoms with van der Waals surface area (Å²) in [5, 5.41) is 4.69. The molecular formula is C66H44N2O. The zero-order valence-electron chi connectivity index (χ0n) is 37.7. The van der Waals surface area contributed by atoms with Crippen LogP contribution in [0.2, 0.25) is 0 Å². The summed E-state index contributed by atoms with van der Waals surface area (Å²) in [5.74, 6) is 0. The second-order valence-electron chi connectivity index (χ2n) is 17.7. The largest absolute Gasteiger partial charge is 0.456 e. The summed E-state index contributed by atoms with van der Waals surface area (Å²) >= 11 is 0. The minimum absolute atomic E-state index is 0.881. The molecule has 11 aromatic carbocycles. The van der Waals surface area contributed by atoms with Crippen LogP contribution >= 0.6 is 0 Å². The predicted octanol–water partition coefficient (Wildman–Crippen LogP) is 18.5. The van der Waals surface area contributed by atoms with E-state index in [0.29, 0.717) is 0 Å². The maximum atomic E-state index is 6.35. The van der Waals surface area contributed by atoms with Crippen molar-refractivity contribution in [3.05, 3.63) is 267 Å². The first-order valence-electron chi connectivity index (χ1n) is 23.6. The van der Waals surface area contributed by atoms with Crippen LogP contribution in [-0.4, -0.2) is 4.57 Å². The fraction of sp³-hybridized carbons (Fsp3) is 0. The number of benzene rings is 11. The molecular weight excluding hydrogens is 837 g/mol. The number of anilines is 3. The lowest BCUT2D eigenvalue weighted by Crippen LogP contribution is -2.10. The van der Waals surface area contributed by atoms with Crippen LogP contribution in [0.15, 0.2) is 271 Å². The van der Waals surface area contributed by atoms with Gasteiger partial charge >= 0.3 is 0 Å². The highest BCUT2D eigenvalue weighted by Crippen LogP contribution is 2.43. The smallest absolute Gasteiger partial charge is 0.135 e. The van der Waals surface area contributed by atoms with Gasteiger partial charge in [0.2, 0.25) is 0 Å². The average Bonchev–Trinajstić information content (AvgIpc) is 3.97. The monoisotopic (exact) mass is 880 g/mol. The lowest BCUT2D eigenvalue weighted by molar-refractivity contribution is 0.669. The highest BCUT2D eigenvalue weighted by molar-refractivity contribution is 6.11. The van der Waals surface area contributed by atoms with E-state index in [1.54, 1.807) is 0 Å². The van der Waals surface area contributed by atoms with Gasteiger partial charge in [-0.15, -0.1) is 0 Å². The maximum absolute atomic E-state index is 6.35. The van der Waals surface area contributed by atoms with Crippen LogP contribution in [-0.2, 0) is 0 Å². The summed E-state index contributed by atoms with van der Waals surface area (Å²) in [6, 6.07) is 96.3. The molecule has 0 unspecified atom stereocenters. The Balaban J connectivity index is 0.973. The molecule has 13 rings (SSSR count). The van der Waals surface area contributed by atoms with Crippen molar-refractivity contribution < 1.29 is 4.42 Å². The van der Waals surface area contributed by atoms with Crippen molar-refractivity contribution in [2.75, 3.05) is 4.90 Å². The molecule has 3 heteroatoms. The lowest BCUT2D eigenvalue weighted by atomic mass is 9.90. The number of fused-ring (bicyclic) bond motifs is 6. The van der Waals surface area contributed by atoms with Gasteiger partial charge in [-0.3, -0.25) is 0 Å². The van der Waals surface area contributed by atoms with Gasteiger partial charge in [-0.2, -0.15) is 0 Å². The van der Waals surface area contributed by atoms with E-state index < -0.39 is 0 Å². The molecule has 324 valence electrons. The molecule has 0 aliphatic rings. The van der Waals surface area contributed by atoms with Gasteiger partial charge in [-0.1, -0.05) is 182 Å². The molecule has 0 fully saturated rings. The van der Waals surface area contributed by atoms with Crippen LogP contribution in [0.3, 0.4) is 0 Å². The van der Waals surface area contributed by atoms with Crippen LogP contribution in [0.25, 0.3) is 105 Å². The summed E-state index contributed by atoms with van der Waals surface area (Å²) in [7, 11) is 0. The van der Waals surface area contributed by atoms with Crippen LogP contribution < -0.4 is 4.90 Å². The van der Waals surface area contributed by atoms with Gasteiger partial charge in [-0.25, -0.2) is 0 Å². The predicted molar refractivity (Wildman–Crippen MR) is 290 cm³/mol. The number of para-hydroxylation sites is 3. The first kappa shape index (κ1) is 40.1. The summed E-state index contributed by atoms with van der Waals surface area (Å²) in [6.45, 7) is 0. The Bertz CT molecular complexity index is 3900. The van der Waals surface area contributed by atoms with Gasteiger partial charge in [0.1, 0.15) is 11.2 Å². The molecule has 69 heavy (non-hydrogen) atoms. The third-order valence-corrected chi connectivity index (χ3v) is 13.6. The fourth-order valence-electron chi connectivity index (χ4n) is 10.2. The van der Waals surface area contributed by atoms with Crippen LogP contribution in [0.5, 0.6) is 0 Å². The van der Waals surface area contributed by atoms with E-state index in [1.165, 1.54) is 44.1 Å². The molecule has 0 aliphatic carbocycles. The number of rotatable bonds is 9. The van der Waals surface area contributed by atoms with E-state index in [2.05, 4.69) is 264 Å². The van der Waals surface area contributed by atoms with Crippen molar-refractivity contribution in [3.63, 3.8) is 0 Å². The fourth-order valence-corrected chi connectivity index (χ4v) is 10.2. The van der Waals surface area contributed by atoms with Gasteiger partial charge < -0.3 is 13.9 Å². The van der Waals surface area contributed by atoms with E-state index in [1.807, 2.05) is 12.1 Å². The Kier molecular flexibility index (Phi) is 9.84. The second-order valence-corrected chi connectivity index (χ2v) is 17.7. The third-order valence-electron chi connectivity index (χ3n) is 13.6. The quantitative estimate of drug-likeness (QED) is 0.144. The summed E-state index contributed by atoms with van der Waals surface area (Å²) in [6.07, 6.45) is 0. The van der Waals surface area contributed by atoms with Gasteiger partial charge in [0, 0.05) is 44.3 Å². The number of nitrogens with zero attached hydrogens (tertiary/aromatic N) is 2. The van der Waals surface area contributed by atoms with Crippen LogP contribution in [0.4, 0.5) is 17.1 Å². The van der Waals surface area contributed by atoms with E-state index in [9.17, 15) is 0 Å². The van der Waals surface area contributed by atoms with Crippen molar-refractivity contribution in [1.29, 1.82) is 0 Å². The minimum atomic E-state index is 0.881. The molecule has 0 bridgehead atoms. The Labute approximate surface area is 401 Å². The molecule has 0 N–H and O–H groups in total. The molecule has 0 radical (unpaired) electrons. The van der Waals surface area contributed by atoms with Gasteiger partial charge in [0.05, 0.1) is 11.0 Å². The molecule has 3 nitrogen and oxygen atoms in total. The molecule has 0 aliphatic heterocycles. The Hall–Kier alpha value is -9.18. The van der Waals surface area contributed by atoms with Gasteiger partial charge in [-0.05, 0) is 141 Å². The Morgan fingerprint density at radius 2 is 0.768 bits per heavy atom. The highest BCUT2D eigenvalue weighted by Gasteiger charge is 2.19. The molecule has 0 saturated carbocycles. The topological polar surface area (TPSA) is 21.3 Å². The first-order valence-corrected chi connectivity index (χ1v) is 23.6. The SMILES string of the molecule is c1ccc(-c2ccc(N(c3ccc(-c4ccccc4)cc3)c3cccc(-c4ccc(-c5ccc6c7ccccc7n(-c7ccccc7)c6c5)cc4-c4ccc5oc6ccccc6c5c4)c3)cc2)cc1. The Morgan fingerprint density at radius 1 is 0.261 bits per heavy atom. The number of aromatic nitrogens is 1.